The largest absolute Gasteiger partial charge is 0.392 e. The summed E-state index contributed by atoms with van der Waals surface area (Å²) >= 11 is 5.73. The van der Waals surface area contributed by atoms with Crippen molar-refractivity contribution in [1.82, 2.24) is 0 Å². The molecule has 2 N–H and O–H groups in total. The maximum Gasteiger partial charge on any atom is 0.261 e. The van der Waals surface area contributed by atoms with Crippen molar-refractivity contribution in [1.29, 1.82) is 0 Å². The Morgan fingerprint density at radius 2 is 1.58 bits per heavy atom. The van der Waals surface area contributed by atoms with Gasteiger partial charge in [0.2, 0.25) is 0 Å². The van der Waals surface area contributed by atoms with Gasteiger partial charge in [0.25, 0.3) is 10.0 Å². The molecule has 2 rings (SSSR count). The van der Waals surface area contributed by atoms with E-state index < -0.39 is 10.0 Å². The number of aliphatic hydroxyl groups is 1. The van der Waals surface area contributed by atoms with Crippen LogP contribution in [0.1, 0.15) is 5.56 Å². The van der Waals surface area contributed by atoms with Gasteiger partial charge in [-0.2, -0.15) is 0 Å². The zero-order valence-electron chi connectivity index (χ0n) is 9.88. The number of anilines is 1. The Bertz CT molecular complexity index is 651. The number of benzene rings is 2. The molecule has 0 saturated heterocycles. The van der Waals surface area contributed by atoms with Crippen molar-refractivity contribution in [3.05, 3.63) is 59.1 Å². The molecule has 100 valence electrons. The van der Waals surface area contributed by atoms with Crippen LogP contribution in [0.5, 0.6) is 0 Å². The van der Waals surface area contributed by atoms with Crippen molar-refractivity contribution in [2.45, 2.75) is 11.5 Å². The second kappa shape index (κ2) is 5.61. The van der Waals surface area contributed by atoms with Gasteiger partial charge >= 0.3 is 0 Å². The van der Waals surface area contributed by atoms with E-state index in [1.54, 1.807) is 36.4 Å². The van der Waals surface area contributed by atoms with Gasteiger partial charge in [-0.1, -0.05) is 23.7 Å². The molecule has 2 aromatic carbocycles. The van der Waals surface area contributed by atoms with E-state index in [1.807, 2.05) is 0 Å². The zero-order chi connectivity index (χ0) is 13.9. The minimum atomic E-state index is -3.63. The van der Waals surface area contributed by atoms with E-state index in [0.29, 0.717) is 16.3 Å². The van der Waals surface area contributed by atoms with Gasteiger partial charge < -0.3 is 5.11 Å². The van der Waals surface area contributed by atoms with E-state index in [9.17, 15) is 8.42 Å². The average Bonchev–Trinajstić information content (AvgIpc) is 2.41. The molecular weight excluding hydrogens is 286 g/mol. The van der Waals surface area contributed by atoms with Gasteiger partial charge in [0, 0.05) is 10.7 Å². The molecule has 0 bridgehead atoms. The molecule has 4 nitrogen and oxygen atoms in total. The molecule has 2 aromatic rings. The van der Waals surface area contributed by atoms with E-state index in [4.69, 9.17) is 16.7 Å². The maximum absolute atomic E-state index is 12.1. The van der Waals surface area contributed by atoms with Crippen LogP contribution in [-0.2, 0) is 16.6 Å². The molecule has 0 spiro atoms. The molecule has 0 fully saturated rings. The van der Waals surface area contributed by atoms with Crippen molar-refractivity contribution in [2.75, 3.05) is 4.72 Å². The predicted molar refractivity (Wildman–Crippen MR) is 74.6 cm³/mol. The number of sulfonamides is 1. The van der Waals surface area contributed by atoms with E-state index in [1.165, 1.54) is 12.1 Å². The normalized spacial score (nSPS) is 11.3. The van der Waals surface area contributed by atoms with Gasteiger partial charge in [0.15, 0.2) is 0 Å². The highest BCUT2D eigenvalue weighted by molar-refractivity contribution is 7.92. The fraction of sp³-hybridized carbons (Fsp3) is 0.0769. The van der Waals surface area contributed by atoms with Crippen molar-refractivity contribution < 1.29 is 13.5 Å². The Kier molecular flexibility index (Phi) is 4.09. The Morgan fingerprint density at radius 3 is 2.11 bits per heavy atom. The molecule has 19 heavy (non-hydrogen) atoms. The molecule has 0 aliphatic rings. The lowest BCUT2D eigenvalue weighted by molar-refractivity contribution is 0.282. The smallest absolute Gasteiger partial charge is 0.261 e. The lowest BCUT2D eigenvalue weighted by atomic mass is 10.2. The molecule has 0 amide bonds. The Balaban J connectivity index is 2.24. The molecule has 0 aromatic heterocycles. The van der Waals surface area contributed by atoms with Crippen LogP contribution in [0.4, 0.5) is 5.69 Å². The van der Waals surface area contributed by atoms with Crippen molar-refractivity contribution in [3.8, 4) is 0 Å². The monoisotopic (exact) mass is 297 g/mol. The summed E-state index contributed by atoms with van der Waals surface area (Å²) in [5, 5.41) is 9.45. The van der Waals surface area contributed by atoms with E-state index >= 15 is 0 Å². The average molecular weight is 298 g/mol. The first-order valence-corrected chi connectivity index (χ1v) is 7.35. The van der Waals surface area contributed by atoms with E-state index in [2.05, 4.69) is 4.72 Å². The molecule has 0 aliphatic carbocycles. The van der Waals surface area contributed by atoms with Gasteiger partial charge in [0.1, 0.15) is 0 Å². The minimum Gasteiger partial charge on any atom is -0.392 e. The van der Waals surface area contributed by atoms with Crippen LogP contribution in [0.2, 0.25) is 5.02 Å². The summed E-state index contributed by atoms with van der Waals surface area (Å²) < 4.78 is 26.6. The molecular formula is C13H12ClNO3S. The Morgan fingerprint density at radius 1 is 1.00 bits per heavy atom. The summed E-state index contributed by atoms with van der Waals surface area (Å²) in [7, 11) is -3.63. The van der Waals surface area contributed by atoms with Crippen molar-refractivity contribution >= 4 is 27.3 Å². The second-order valence-corrected chi connectivity index (χ2v) is 6.03. The summed E-state index contributed by atoms with van der Waals surface area (Å²) in [5.74, 6) is 0. The number of aliphatic hydroxyl groups excluding tert-OH is 1. The Labute approximate surface area is 116 Å². The summed E-state index contributed by atoms with van der Waals surface area (Å²) in [6.45, 7) is -0.120. The summed E-state index contributed by atoms with van der Waals surface area (Å²) in [5.41, 5.74) is 1.10. The topological polar surface area (TPSA) is 66.4 Å². The number of hydrogen-bond donors (Lipinski definition) is 2. The highest BCUT2D eigenvalue weighted by Gasteiger charge is 2.13. The number of rotatable bonds is 4. The highest BCUT2D eigenvalue weighted by Crippen LogP contribution is 2.18. The first-order chi connectivity index (χ1) is 9.01. The fourth-order valence-electron chi connectivity index (χ4n) is 1.51. The Hall–Kier alpha value is -1.56. The zero-order valence-corrected chi connectivity index (χ0v) is 11.4. The van der Waals surface area contributed by atoms with Crippen LogP contribution in [0.15, 0.2) is 53.4 Å². The van der Waals surface area contributed by atoms with Crippen molar-refractivity contribution in [3.63, 3.8) is 0 Å². The van der Waals surface area contributed by atoms with Gasteiger partial charge in [-0.05, 0) is 42.0 Å². The fourth-order valence-corrected chi connectivity index (χ4v) is 2.69. The molecule has 6 heteroatoms. The SMILES string of the molecule is O=S(=O)(Nc1ccc(Cl)cc1)c1ccc(CO)cc1. The van der Waals surface area contributed by atoms with Crippen LogP contribution in [0.25, 0.3) is 0 Å². The summed E-state index contributed by atoms with van der Waals surface area (Å²) in [6, 6.07) is 12.4. The second-order valence-electron chi connectivity index (χ2n) is 3.91. The maximum atomic E-state index is 12.1. The van der Waals surface area contributed by atoms with Crippen molar-refractivity contribution in [2.24, 2.45) is 0 Å². The quantitative estimate of drug-likeness (QED) is 0.911. The van der Waals surface area contributed by atoms with Crippen LogP contribution in [0.3, 0.4) is 0 Å². The molecule has 0 radical (unpaired) electrons. The molecule has 0 unspecified atom stereocenters. The van der Waals surface area contributed by atoms with Crippen LogP contribution in [0, 0.1) is 0 Å². The van der Waals surface area contributed by atoms with Crippen LogP contribution >= 0.6 is 11.6 Å². The highest BCUT2D eigenvalue weighted by atomic mass is 35.5. The number of hydrogen-bond acceptors (Lipinski definition) is 3. The lowest BCUT2D eigenvalue weighted by Crippen LogP contribution is -2.12. The summed E-state index contributed by atoms with van der Waals surface area (Å²) in [4.78, 5) is 0.139. The van der Waals surface area contributed by atoms with Crippen LogP contribution in [-0.4, -0.2) is 13.5 Å². The van der Waals surface area contributed by atoms with Gasteiger partial charge in [0.05, 0.1) is 11.5 Å². The third kappa shape index (κ3) is 3.47. The van der Waals surface area contributed by atoms with Gasteiger partial charge in [-0.25, -0.2) is 8.42 Å². The third-order valence-corrected chi connectivity index (χ3v) is 4.16. The van der Waals surface area contributed by atoms with Crippen LogP contribution < -0.4 is 4.72 Å². The number of nitrogens with one attached hydrogen (secondary N) is 1. The minimum absolute atomic E-state index is 0.120. The van der Waals surface area contributed by atoms with Gasteiger partial charge in [-0.3, -0.25) is 4.72 Å². The van der Waals surface area contributed by atoms with E-state index in [0.717, 1.165) is 0 Å². The first-order valence-electron chi connectivity index (χ1n) is 5.49. The molecule has 0 aliphatic heterocycles. The standard InChI is InChI=1S/C13H12ClNO3S/c14-11-3-5-12(6-4-11)15-19(17,18)13-7-1-10(9-16)2-8-13/h1-8,15-16H,9H2. The van der Waals surface area contributed by atoms with Gasteiger partial charge in [-0.15, -0.1) is 0 Å². The predicted octanol–water partition coefficient (Wildman–Crippen LogP) is 2.63. The molecule has 0 atom stereocenters. The number of halogens is 1. The first kappa shape index (κ1) is 13.9. The molecule has 0 saturated carbocycles. The summed E-state index contributed by atoms with van der Waals surface area (Å²) in [6.07, 6.45) is 0. The van der Waals surface area contributed by atoms with E-state index in [-0.39, 0.29) is 11.5 Å². The third-order valence-electron chi connectivity index (χ3n) is 2.51. The lowest BCUT2D eigenvalue weighted by Gasteiger charge is -2.08. The molecule has 0 heterocycles.